The Labute approximate surface area is 175 Å². The number of halogens is 1. The van der Waals surface area contributed by atoms with Crippen molar-refractivity contribution >= 4 is 11.6 Å². The number of carbonyl (C=O) groups excluding carboxylic acids is 1. The van der Waals surface area contributed by atoms with Crippen LogP contribution in [0.2, 0.25) is 0 Å². The van der Waals surface area contributed by atoms with E-state index in [0.717, 1.165) is 0 Å². The Hall–Kier alpha value is -4.58. The lowest BCUT2D eigenvalue weighted by Crippen LogP contribution is -2.28. The molecular formula is C22H14FN5O3. The van der Waals surface area contributed by atoms with Gasteiger partial charge in [0.05, 0.1) is 11.6 Å². The van der Waals surface area contributed by atoms with E-state index in [-0.39, 0.29) is 23.8 Å². The molecule has 31 heavy (non-hydrogen) atoms. The highest BCUT2D eigenvalue weighted by atomic mass is 19.1. The number of nitriles is 1. The van der Waals surface area contributed by atoms with E-state index < -0.39 is 17.3 Å². The molecule has 4 aromatic rings. The Bertz CT molecular complexity index is 1350. The summed E-state index contributed by atoms with van der Waals surface area (Å²) in [4.78, 5) is 29.4. The van der Waals surface area contributed by atoms with Gasteiger partial charge in [0.15, 0.2) is 0 Å². The zero-order valence-electron chi connectivity index (χ0n) is 15.9. The SMILES string of the molecule is N#Cc1cccc(NC(=O)Cn2cccc(-c3nc(-c4ccc(F)cc4)no3)c2=O)c1. The number of hydrogen-bond acceptors (Lipinski definition) is 6. The Balaban J connectivity index is 1.55. The first-order chi connectivity index (χ1) is 15.0. The van der Waals surface area contributed by atoms with Crippen molar-refractivity contribution < 1.29 is 13.7 Å². The quantitative estimate of drug-likeness (QED) is 0.535. The van der Waals surface area contributed by atoms with Gasteiger partial charge in [-0.15, -0.1) is 0 Å². The van der Waals surface area contributed by atoms with Crippen LogP contribution in [0, 0.1) is 17.1 Å². The molecule has 152 valence electrons. The zero-order valence-corrected chi connectivity index (χ0v) is 15.9. The largest absolute Gasteiger partial charge is 0.333 e. The summed E-state index contributed by atoms with van der Waals surface area (Å²) in [6.07, 6.45) is 1.47. The summed E-state index contributed by atoms with van der Waals surface area (Å²) in [6.45, 7) is -0.248. The van der Waals surface area contributed by atoms with Gasteiger partial charge in [-0.25, -0.2) is 4.39 Å². The summed E-state index contributed by atoms with van der Waals surface area (Å²) < 4.78 is 19.5. The summed E-state index contributed by atoms with van der Waals surface area (Å²) in [7, 11) is 0. The summed E-state index contributed by atoms with van der Waals surface area (Å²) in [5.41, 5.74) is 1.03. The molecule has 1 N–H and O–H groups in total. The first-order valence-electron chi connectivity index (χ1n) is 9.13. The average molecular weight is 415 g/mol. The molecule has 2 aromatic carbocycles. The summed E-state index contributed by atoms with van der Waals surface area (Å²) in [5, 5.41) is 15.4. The molecule has 0 bridgehead atoms. The fourth-order valence-corrected chi connectivity index (χ4v) is 2.89. The second-order valence-electron chi connectivity index (χ2n) is 6.53. The second-order valence-corrected chi connectivity index (χ2v) is 6.53. The Morgan fingerprint density at radius 3 is 2.74 bits per heavy atom. The van der Waals surface area contributed by atoms with Crippen molar-refractivity contribution in [1.29, 1.82) is 5.26 Å². The van der Waals surface area contributed by atoms with E-state index in [0.29, 0.717) is 16.8 Å². The van der Waals surface area contributed by atoms with Gasteiger partial charge in [0.1, 0.15) is 17.9 Å². The maximum absolute atomic E-state index is 13.1. The molecule has 0 saturated carbocycles. The van der Waals surface area contributed by atoms with E-state index >= 15 is 0 Å². The number of carbonyl (C=O) groups is 1. The summed E-state index contributed by atoms with van der Waals surface area (Å²) >= 11 is 0. The van der Waals surface area contributed by atoms with Crippen LogP contribution < -0.4 is 10.9 Å². The van der Waals surface area contributed by atoms with E-state index in [1.165, 1.54) is 47.2 Å². The van der Waals surface area contributed by atoms with Crippen LogP contribution in [-0.2, 0) is 11.3 Å². The van der Waals surface area contributed by atoms with Crippen LogP contribution in [0.4, 0.5) is 10.1 Å². The molecule has 0 unspecified atom stereocenters. The molecule has 0 atom stereocenters. The minimum absolute atomic E-state index is 0.0131. The van der Waals surface area contributed by atoms with Crippen LogP contribution in [0.15, 0.2) is 76.2 Å². The van der Waals surface area contributed by atoms with Crippen LogP contribution in [0.25, 0.3) is 22.8 Å². The molecule has 0 radical (unpaired) electrons. The molecule has 1 amide bonds. The topological polar surface area (TPSA) is 114 Å². The molecule has 8 nitrogen and oxygen atoms in total. The van der Waals surface area contributed by atoms with Crippen LogP contribution in [-0.4, -0.2) is 20.6 Å². The van der Waals surface area contributed by atoms with E-state index in [9.17, 15) is 14.0 Å². The lowest BCUT2D eigenvalue weighted by molar-refractivity contribution is -0.116. The van der Waals surface area contributed by atoms with Gasteiger partial charge in [-0.05, 0) is 54.6 Å². The van der Waals surface area contributed by atoms with Gasteiger partial charge in [0.25, 0.3) is 11.4 Å². The first kappa shape index (κ1) is 19.7. The number of benzene rings is 2. The number of nitrogens with one attached hydrogen (secondary N) is 1. The smallest absolute Gasteiger partial charge is 0.263 e. The number of aromatic nitrogens is 3. The molecule has 0 saturated heterocycles. The number of nitrogens with zero attached hydrogens (tertiary/aromatic N) is 4. The van der Waals surface area contributed by atoms with Crippen molar-refractivity contribution in [2.45, 2.75) is 6.54 Å². The van der Waals surface area contributed by atoms with Crippen molar-refractivity contribution in [3.8, 4) is 28.9 Å². The predicted octanol–water partition coefficient (Wildman–Crippen LogP) is 3.21. The lowest BCUT2D eigenvalue weighted by atomic mass is 10.2. The fourth-order valence-electron chi connectivity index (χ4n) is 2.89. The van der Waals surface area contributed by atoms with Gasteiger partial charge in [-0.3, -0.25) is 9.59 Å². The van der Waals surface area contributed by atoms with Gasteiger partial charge in [0.2, 0.25) is 11.7 Å². The highest BCUT2D eigenvalue weighted by molar-refractivity contribution is 5.90. The highest BCUT2D eigenvalue weighted by Crippen LogP contribution is 2.20. The Morgan fingerprint density at radius 2 is 1.97 bits per heavy atom. The van der Waals surface area contributed by atoms with Crippen LogP contribution in [0.3, 0.4) is 0 Å². The van der Waals surface area contributed by atoms with Crippen LogP contribution in [0.1, 0.15) is 5.56 Å². The van der Waals surface area contributed by atoms with E-state index in [1.807, 2.05) is 6.07 Å². The molecule has 9 heteroatoms. The number of amides is 1. The normalized spacial score (nSPS) is 10.5. The fraction of sp³-hybridized carbons (Fsp3) is 0.0455. The lowest BCUT2D eigenvalue weighted by Gasteiger charge is -2.08. The molecule has 0 spiro atoms. The third-order valence-corrected chi connectivity index (χ3v) is 4.37. The highest BCUT2D eigenvalue weighted by Gasteiger charge is 2.16. The molecule has 2 aromatic heterocycles. The summed E-state index contributed by atoms with van der Waals surface area (Å²) in [6, 6.07) is 17.1. The standard InChI is InChI=1S/C22H14FN5O3/c23-16-8-6-15(7-9-16)20-26-21(31-27-20)18-5-2-10-28(22(18)30)13-19(29)25-17-4-1-3-14(11-17)12-24/h1-11H,13H2,(H,25,29). The van der Waals surface area contributed by atoms with Crippen molar-refractivity contribution in [3.63, 3.8) is 0 Å². The van der Waals surface area contributed by atoms with Gasteiger partial charge in [0, 0.05) is 17.4 Å². The van der Waals surface area contributed by atoms with Gasteiger partial charge >= 0.3 is 0 Å². The summed E-state index contributed by atoms with van der Waals surface area (Å²) in [5.74, 6) is -0.636. The minimum Gasteiger partial charge on any atom is -0.333 e. The van der Waals surface area contributed by atoms with Crippen molar-refractivity contribution in [2.75, 3.05) is 5.32 Å². The maximum Gasteiger partial charge on any atom is 0.263 e. The van der Waals surface area contributed by atoms with E-state index in [1.54, 1.807) is 24.3 Å². The van der Waals surface area contributed by atoms with Gasteiger partial charge in [-0.1, -0.05) is 11.2 Å². The molecule has 0 fully saturated rings. The van der Waals surface area contributed by atoms with Crippen molar-refractivity contribution in [3.05, 3.63) is 88.6 Å². The number of anilines is 1. The molecule has 0 aliphatic rings. The maximum atomic E-state index is 13.1. The first-order valence-corrected chi connectivity index (χ1v) is 9.13. The number of pyridine rings is 1. The second kappa shape index (κ2) is 8.42. The van der Waals surface area contributed by atoms with E-state index in [4.69, 9.17) is 9.78 Å². The average Bonchev–Trinajstić information content (AvgIpc) is 3.26. The monoisotopic (exact) mass is 415 g/mol. The molecule has 4 rings (SSSR count). The van der Waals surface area contributed by atoms with E-state index in [2.05, 4.69) is 15.5 Å². The van der Waals surface area contributed by atoms with Gasteiger partial charge < -0.3 is 14.4 Å². The third kappa shape index (κ3) is 4.38. The third-order valence-electron chi connectivity index (χ3n) is 4.37. The van der Waals surface area contributed by atoms with Crippen LogP contribution >= 0.6 is 0 Å². The molecular weight excluding hydrogens is 401 g/mol. The van der Waals surface area contributed by atoms with Crippen molar-refractivity contribution in [2.24, 2.45) is 0 Å². The molecule has 0 aliphatic heterocycles. The van der Waals surface area contributed by atoms with Crippen LogP contribution in [0.5, 0.6) is 0 Å². The Morgan fingerprint density at radius 1 is 1.16 bits per heavy atom. The van der Waals surface area contributed by atoms with Gasteiger partial charge in [-0.2, -0.15) is 10.2 Å². The van der Waals surface area contributed by atoms with Crippen molar-refractivity contribution in [1.82, 2.24) is 14.7 Å². The number of hydrogen-bond donors (Lipinski definition) is 1. The number of rotatable bonds is 5. The predicted molar refractivity (Wildman–Crippen MR) is 109 cm³/mol. The minimum atomic E-state index is -0.488. The molecule has 2 heterocycles. The zero-order chi connectivity index (χ0) is 21.8. The molecule has 0 aliphatic carbocycles. The Kier molecular flexibility index (Phi) is 5.36.